The topological polar surface area (TPSA) is 120 Å². The van der Waals surface area contributed by atoms with Crippen molar-refractivity contribution in [2.24, 2.45) is 5.73 Å². The summed E-state index contributed by atoms with van der Waals surface area (Å²) < 4.78 is 6.73. The first-order valence-corrected chi connectivity index (χ1v) is 12.9. The Morgan fingerprint density at radius 3 is 2.74 bits per heavy atom. The summed E-state index contributed by atoms with van der Waals surface area (Å²) in [6, 6.07) is 8.30. The number of rotatable bonds is 6. The molecule has 1 unspecified atom stereocenters. The third kappa shape index (κ3) is 4.51. The van der Waals surface area contributed by atoms with Gasteiger partial charge < -0.3 is 20.5 Å². The highest BCUT2D eigenvalue weighted by Gasteiger charge is 2.24. The van der Waals surface area contributed by atoms with E-state index in [-0.39, 0.29) is 6.54 Å². The molecule has 2 aliphatic rings. The summed E-state index contributed by atoms with van der Waals surface area (Å²) in [6.07, 6.45) is 1.29. The minimum Gasteiger partial charge on any atom is -0.378 e. The van der Waals surface area contributed by atoms with Crippen molar-refractivity contribution < 1.29 is 9.84 Å². The SMILES string of the molecule is NCC(O)N1CCN(Cc2cc3nc(-c4cccc5[nH]ncc45)nc(N4CCOCC4)c3s2)CC1. The Hall–Kier alpha value is -2.67. The van der Waals surface area contributed by atoms with E-state index >= 15 is 0 Å². The van der Waals surface area contributed by atoms with Gasteiger partial charge in [-0.3, -0.25) is 14.9 Å². The highest BCUT2D eigenvalue weighted by atomic mass is 32.1. The van der Waals surface area contributed by atoms with E-state index in [1.54, 1.807) is 11.3 Å². The van der Waals surface area contributed by atoms with Crippen LogP contribution in [0, 0.1) is 0 Å². The van der Waals surface area contributed by atoms with Gasteiger partial charge in [-0.05, 0) is 12.1 Å². The molecule has 184 valence electrons. The fourth-order valence-corrected chi connectivity index (χ4v) is 6.06. The molecule has 4 N–H and O–H groups in total. The number of anilines is 1. The molecule has 0 spiro atoms. The van der Waals surface area contributed by atoms with Crippen molar-refractivity contribution in [1.29, 1.82) is 0 Å². The number of fused-ring (bicyclic) bond motifs is 2. The third-order valence-corrected chi connectivity index (χ3v) is 7.96. The molecule has 1 aromatic carbocycles. The minimum atomic E-state index is -0.550. The first kappa shape index (κ1) is 22.8. The van der Waals surface area contributed by atoms with E-state index in [9.17, 15) is 5.11 Å². The average Bonchev–Trinajstić information content (AvgIpc) is 3.55. The van der Waals surface area contributed by atoms with Crippen LogP contribution in [0.2, 0.25) is 0 Å². The number of hydrogen-bond donors (Lipinski definition) is 3. The smallest absolute Gasteiger partial charge is 0.162 e. The van der Waals surface area contributed by atoms with Crippen LogP contribution in [0.5, 0.6) is 0 Å². The van der Waals surface area contributed by atoms with Gasteiger partial charge in [-0.15, -0.1) is 11.3 Å². The number of nitrogens with two attached hydrogens (primary N) is 1. The van der Waals surface area contributed by atoms with Gasteiger partial charge in [0.1, 0.15) is 6.23 Å². The standard InChI is InChI=1S/C24H30N8O2S/c25-13-21(33)31-6-4-30(5-7-31)15-16-12-20-22(35-16)24(32-8-10-34-11-9-32)28-23(27-20)17-2-1-3-19-18(17)14-26-29-19/h1-3,12,14,21,33H,4-11,13,15,25H2,(H,26,29). The molecule has 0 saturated carbocycles. The molecule has 11 heteroatoms. The number of nitrogens with zero attached hydrogens (tertiary/aromatic N) is 6. The fraction of sp³-hybridized carbons (Fsp3) is 0.458. The van der Waals surface area contributed by atoms with Crippen molar-refractivity contribution in [3.05, 3.63) is 35.3 Å². The molecule has 2 saturated heterocycles. The summed E-state index contributed by atoms with van der Waals surface area (Å²) in [5, 5.41) is 18.3. The van der Waals surface area contributed by atoms with Crippen LogP contribution in [0.3, 0.4) is 0 Å². The van der Waals surface area contributed by atoms with Crippen LogP contribution in [0.25, 0.3) is 32.5 Å². The quantitative estimate of drug-likeness (QED) is 0.366. The van der Waals surface area contributed by atoms with Gasteiger partial charge in [0.25, 0.3) is 0 Å². The van der Waals surface area contributed by atoms with Gasteiger partial charge in [0.2, 0.25) is 0 Å². The van der Waals surface area contributed by atoms with E-state index in [0.717, 1.165) is 84.1 Å². The number of aliphatic hydroxyl groups is 1. The summed E-state index contributed by atoms with van der Waals surface area (Å²) in [7, 11) is 0. The van der Waals surface area contributed by atoms with Crippen LogP contribution < -0.4 is 10.6 Å². The molecule has 35 heavy (non-hydrogen) atoms. The van der Waals surface area contributed by atoms with Gasteiger partial charge in [-0.2, -0.15) is 5.10 Å². The second-order valence-corrected chi connectivity index (χ2v) is 10.2. The Morgan fingerprint density at radius 1 is 1.11 bits per heavy atom. The number of thiophene rings is 1. The van der Waals surface area contributed by atoms with E-state index in [1.165, 1.54) is 4.88 Å². The molecule has 3 aromatic heterocycles. The van der Waals surface area contributed by atoms with Crippen LogP contribution in [-0.2, 0) is 11.3 Å². The second kappa shape index (κ2) is 9.76. The largest absolute Gasteiger partial charge is 0.378 e. The van der Waals surface area contributed by atoms with Gasteiger partial charge in [0.15, 0.2) is 11.6 Å². The maximum absolute atomic E-state index is 10.0. The number of hydrogen-bond acceptors (Lipinski definition) is 10. The maximum atomic E-state index is 10.0. The number of aromatic nitrogens is 4. The molecule has 1 atom stereocenters. The van der Waals surface area contributed by atoms with Crippen molar-refractivity contribution >= 4 is 38.3 Å². The number of H-pyrrole nitrogens is 1. The first-order valence-electron chi connectivity index (χ1n) is 12.1. The minimum absolute atomic E-state index is 0.272. The van der Waals surface area contributed by atoms with Gasteiger partial charge in [-0.25, -0.2) is 9.97 Å². The van der Waals surface area contributed by atoms with E-state index < -0.39 is 6.23 Å². The molecule has 0 aliphatic carbocycles. The zero-order valence-electron chi connectivity index (χ0n) is 19.6. The van der Waals surface area contributed by atoms with E-state index in [2.05, 4.69) is 32.1 Å². The summed E-state index contributed by atoms with van der Waals surface area (Å²) in [5.41, 5.74) is 8.56. The summed E-state index contributed by atoms with van der Waals surface area (Å²) in [5.74, 6) is 1.71. The molecular weight excluding hydrogens is 464 g/mol. The van der Waals surface area contributed by atoms with Crippen LogP contribution >= 0.6 is 11.3 Å². The van der Waals surface area contributed by atoms with E-state index in [4.69, 9.17) is 20.4 Å². The van der Waals surface area contributed by atoms with Gasteiger partial charge in [0, 0.05) is 68.2 Å². The lowest BCUT2D eigenvalue weighted by molar-refractivity contribution is -0.0200. The van der Waals surface area contributed by atoms with Crippen LogP contribution in [0.4, 0.5) is 5.82 Å². The number of nitrogens with one attached hydrogen (secondary N) is 1. The molecule has 4 aromatic rings. The Kier molecular flexibility index (Phi) is 6.35. The molecule has 0 radical (unpaired) electrons. The van der Waals surface area contributed by atoms with E-state index in [0.29, 0.717) is 13.2 Å². The molecule has 6 rings (SSSR count). The Balaban J connectivity index is 1.34. The number of aromatic amines is 1. The number of ether oxygens (including phenoxy) is 1. The van der Waals surface area contributed by atoms with Crippen molar-refractivity contribution in [3.8, 4) is 11.4 Å². The van der Waals surface area contributed by atoms with Crippen LogP contribution in [-0.4, -0.2) is 100 Å². The lowest BCUT2D eigenvalue weighted by Gasteiger charge is -2.36. The summed E-state index contributed by atoms with van der Waals surface area (Å²) in [4.78, 5) is 18.2. The maximum Gasteiger partial charge on any atom is 0.162 e. The van der Waals surface area contributed by atoms with Crippen LogP contribution in [0.1, 0.15) is 4.88 Å². The highest BCUT2D eigenvalue weighted by molar-refractivity contribution is 7.19. The fourth-order valence-electron chi connectivity index (χ4n) is 4.90. The molecule has 2 aliphatic heterocycles. The van der Waals surface area contributed by atoms with Gasteiger partial charge in [-0.1, -0.05) is 12.1 Å². The van der Waals surface area contributed by atoms with Gasteiger partial charge in [0.05, 0.1) is 35.1 Å². The lowest BCUT2D eigenvalue weighted by atomic mass is 10.1. The zero-order valence-corrected chi connectivity index (χ0v) is 20.4. The number of piperazine rings is 1. The monoisotopic (exact) mass is 494 g/mol. The average molecular weight is 495 g/mol. The third-order valence-electron chi connectivity index (χ3n) is 6.86. The predicted octanol–water partition coefficient (Wildman–Crippen LogP) is 1.47. The molecule has 2 fully saturated rings. The van der Waals surface area contributed by atoms with Crippen molar-refractivity contribution in [1.82, 2.24) is 30.0 Å². The normalized spacial score (nSPS) is 19.1. The van der Waals surface area contributed by atoms with Crippen molar-refractivity contribution in [2.45, 2.75) is 12.8 Å². The summed E-state index contributed by atoms with van der Waals surface area (Å²) in [6.45, 7) is 7.63. The number of morpholine rings is 1. The molecule has 10 nitrogen and oxygen atoms in total. The van der Waals surface area contributed by atoms with Crippen molar-refractivity contribution in [2.75, 3.05) is 63.9 Å². The Morgan fingerprint density at radius 2 is 1.94 bits per heavy atom. The Labute approximate surface area is 207 Å². The zero-order chi connectivity index (χ0) is 23.8. The molecule has 0 amide bonds. The van der Waals surface area contributed by atoms with Gasteiger partial charge >= 0.3 is 0 Å². The Bertz CT molecular complexity index is 1310. The predicted molar refractivity (Wildman–Crippen MR) is 137 cm³/mol. The molecular formula is C24H30N8O2S. The number of benzene rings is 1. The van der Waals surface area contributed by atoms with Crippen molar-refractivity contribution in [3.63, 3.8) is 0 Å². The highest BCUT2D eigenvalue weighted by Crippen LogP contribution is 2.36. The second-order valence-electron chi connectivity index (χ2n) is 9.06. The number of aliphatic hydroxyl groups excluding tert-OH is 1. The summed E-state index contributed by atoms with van der Waals surface area (Å²) >= 11 is 1.78. The van der Waals surface area contributed by atoms with Crippen LogP contribution in [0.15, 0.2) is 30.5 Å². The van der Waals surface area contributed by atoms with E-state index in [1.807, 2.05) is 23.2 Å². The lowest BCUT2D eigenvalue weighted by Crippen LogP contribution is -2.51. The molecule has 5 heterocycles. The molecule has 0 bridgehead atoms. The first-order chi connectivity index (χ1) is 17.2.